The van der Waals surface area contributed by atoms with Gasteiger partial charge in [0.1, 0.15) is 0 Å². The van der Waals surface area contributed by atoms with Gasteiger partial charge in [-0.3, -0.25) is 4.79 Å². The molecule has 0 aliphatic carbocycles. The van der Waals surface area contributed by atoms with Gasteiger partial charge in [0.15, 0.2) is 0 Å². The van der Waals surface area contributed by atoms with Gasteiger partial charge >= 0.3 is 0 Å². The highest BCUT2D eigenvalue weighted by Gasteiger charge is 2.28. The molecule has 1 aromatic carbocycles. The van der Waals surface area contributed by atoms with Crippen molar-refractivity contribution < 1.29 is 9.53 Å². The summed E-state index contributed by atoms with van der Waals surface area (Å²) >= 11 is 1.60. The molecular formula is C14H16N2O2S. The van der Waals surface area contributed by atoms with Gasteiger partial charge in [-0.1, -0.05) is 18.2 Å². The molecule has 100 valence electrons. The number of carbonyl (C=O) groups is 1. The summed E-state index contributed by atoms with van der Waals surface area (Å²) in [7, 11) is 1.68. The third kappa shape index (κ3) is 2.36. The van der Waals surface area contributed by atoms with Crippen LogP contribution in [0.1, 0.15) is 10.4 Å². The molecule has 0 radical (unpaired) electrons. The molecule has 2 heterocycles. The molecule has 5 heteroatoms. The van der Waals surface area contributed by atoms with Gasteiger partial charge in [0, 0.05) is 35.7 Å². The molecule has 2 N–H and O–H groups in total. The molecule has 1 unspecified atom stereocenters. The van der Waals surface area contributed by atoms with Crippen molar-refractivity contribution in [2.24, 2.45) is 0 Å². The van der Waals surface area contributed by atoms with Crippen molar-refractivity contribution in [1.29, 1.82) is 0 Å². The van der Waals surface area contributed by atoms with Crippen LogP contribution in [0.25, 0.3) is 10.1 Å². The summed E-state index contributed by atoms with van der Waals surface area (Å²) in [6.45, 7) is 1.54. The van der Waals surface area contributed by atoms with Crippen molar-refractivity contribution in [1.82, 2.24) is 10.6 Å². The first-order chi connectivity index (χ1) is 9.29. The van der Waals surface area contributed by atoms with Crippen molar-refractivity contribution in [2.45, 2.75) is 12.1 Å². The van der Waals surface area contributed by atoms with E-state index >= 15 is 0 Å². The lowest BCUT2D eigenvalue weighted by Gasteiger charge is -2.18. The number of amides is 1. The smallest absolute Gasteiger partial charge is 0.253 e. The number of hydrogen-bond donors (Lipinski definition) is 2. The fraction of sp³-hybridized carbons (Fsp3) is 0.357. The van der Waals surface area contributed by atoms with E-state index in [0.717, 1.165) is 28.7 Å². The Morgan fingerprint density at radius 1 is 1.42 bits per heavy atom. The van der Waals surface area contributed by atoms with Gasteiger partial charge < -0.3 is 15.4 Å². The zero-order chi connectivity index (χ0) is 13.2. The third-order valence-corrected chi connectivity index (χ3v) is 4.47. The van der Waals surface area contributed by atoms with Gasteiger partial charge in [-0.15, -0.1) is 11.3 Å². The lowest BCUT2D eigenvalue weighted by atomic mass is 10.1. The summed E-state index contributed by atoms with van der Waals surface area (Å²) in [6, 6.07) is 8.01. The van der Waals surface area contributed by atoms with Gasteiger partial charge in [-0.2, -0.15) is 0 Å². The normalized spacial score (nSPS) is 22.8. The van der Waals surface area contributed by atoms with E-state index < -0.39 is 0 Å². The Labute approximate surface area is 115 Å². The zero-order valence-electron chi connectivity index (χ0n) is 10.7. The summed E-state index contributed by atoms with van der Waals surface area (Å²) in [4.78, 5) is 12.3. The summed E-state index contributed by atoms with van der Waals surface area (Å²) in [5.74, 6) is -0.0202. The Morgan fingerprint density at radius 2 is 2.26 bits per heavy atom. The molecule has 19 heavy (non-hydrogen) atoms. The second-order valence-corrected chi connectivity index (χ2v) is 5.57. The van der Waals surface area contributed by atoms with Crippen molar-refractivity contribution in [3.05, 3.63) is 35.2 Å². The predicted octanol–water partition coefficient (Wildman–Crippen LogP) is 1.62. The molecule has 2 aromatic rings. The summed E-state index contributed by atoms with van der Waals surface area (Å²) in [5.41, 5.74) is 0.752. The SMILES string of the molecule is CO[C@H]1CNCC1NC(=O)c1csc2ccccc12. The van der Waals surface area contributed by atoms with E-state index in [-0.39, 0.29) is 18.1 Å². The molecule has 0 saturated carbocycles. The van der Waals surface area contributed by atoms with Crippen LogP contribution in [0.5, 0.6) is 0 Å². The highest BCUT2D eigenvalue weighted by atomic mass is 32.1. The van der Waals surface area contributed by atoms with Crippen LogP contribution >= 0.6 is 11.3 Å². The number of rotatable bonds is 3. The number of hydrogen-bond acceptors (Lipinski definition) is 4. The fourth-order valence-electron chi connectivity index (χ4n) is 2.45. The number of carbonyl (C=O) groups excluding carboxylic acids is 1. The largest absolute Gasteiger partial charge is 0.378 e. The maximum atomic E-state index is 12.3. The van der Waals surface area contributed by atoms with E-state index in [4.69, 9.17) is 4.74 Å². The molecule has 1 amide bonds. The van der Waals surface area contributed by atoms with Crippen LogP contribution in [-0.2, 0) is 4.74 Å². The Bertz CT molecular complexity index is 596. The first kappa shape index (κ1) is 12.6. The lowest BCUT2D eigenvalue weighted by Crippen LogP contribution is -2.43. The number of thiophene rings is 1. The highest BCUT2D eigenvalue weighted by Crippen LogP contribution is 2.25. The Balaban J connectivity index is 1.80. The van der Waals surface area contributed by atoms with E-state index in [9.17, 15) is 4.79 Å². The van der Waals surface area contributed by atoms with Crippen LogP contribution in [-0.4, -0.2) is 38.3 Å². The molecule has 3 rings (SSSR count). The lowest BCUT2D eigenvalue weighted by molar-refractivity contribution is 0.0781. The summed E-state index contributed by atoms with van der Waals surface area (Å²) in [5, 5.41) is 9.22. The van der Waals surface area contributed by atoms with E-state index in [0.29, 0.717) is 0 Å². The molecular weight excluding hydrogens is 260 g/mol. The molecule has 4 nitrogen and oxygen atoms in total. The maximum absolute atomic E-state index is 12.3. The molecule has 0 bridgehead atoms. The van der Waals surface area contributed by atoms with Gasteiger partial charge in [-0.25, -0.2) is 0 Å². The Morgan fingerprint density at radius 3 is 3.11 bits per heavy atom. The molecule has 1 saturated heterocycles. The van der Waals surface area contributed by atoms with Crippen molar-refractivity contribution in [3.63, 3.8) is 0 Å². The summed E-state index contributed by atoms with van der Waals surface area (Å²) < 4.78 is 6.49. The standard InChI is InChI=1S/C14H16N2O2S/c1-18-12-7-15-6-11(12)16-14(17)10-8-19-13-5-3-2-4-9(10)13/h2-5,8,11-12,15H,6-7H2,1H3,(H,16,17)/t11?,12-/m0/s1. The number of benzene rings is 1. The highest BCUT2D eigenvalue weighted by molar-refractivity contribution is 7.17. The first-order valence-corrected chi connectivity index (χ1v) is 7.18. The zero-order valence-corrected chi connectivity index (χ0v) is 11.5. The van der Waals surface area contributed by atoms with E-state index in [2.05, 4.69) is 10.6 Å². The quantitative estimate of drug-likeness (QED) is 0.895. The second kappa shape index (κ2) is 5.28. The molecule has 1 aliphatic heterocycles. The Kier molecular flexibility index (Phi) is 3.50. The van der Waals surface area contributed by atoms with Gasteiger partial charge in [-0.05, 0) is 6.07 Å². The minimum Gasteiger partial charge on any atom is -0.378 e. The van der Waals surface area contributed by atoms with E-state index in [1.807, 2.05) is 29.6 Å². The van der Waals surface area contributed by atoms with Gasteiger partial charge in [0.25, 0.3) is 5.91 Å². The van der Waals surface area contributed by atoms with Crippen molar-refractivity contribution in [2.75, 3.05) is 20.2 Å². The minimum absolute atomic E-state index is 0.0202. The molecule has 2 atom stereocenters. The van der Waals surface area contributed by atoms with E-state index in [1.165, 1.54) is 0 Å². The van der Waals surface area contributed by atoms with Gasteiger partial charge in [0.2, 0.25) is 0 Å². The van der Waals surface area contributed by atoms with E-state index in [1.54, 1.807) is 18.4 Å². The number of ether oxygens (including phenoxy) is 1. The maximum Gasteiger partial charge on any atom is 0.253 e. The van der Waals surface area contributed by atoms with Crippen LogP contribution in [0.4, 0.5) is 0 Å². The predicted molar refractivity (Wildman–Crippen MR) is 76.7 cm³/mol. The van der Waals surface area contributed by atoms with Crippen molar-refractivity contribution >= 4 is 27.3 Å². The molecule has 0 spiro atoms. The van der Waals surface area contributed by atoms with Gasteiger partial charge in [0.05, 0.1) is 17.7 Å². The second-order valence-electron chi connectivity index (χ2n) is 4.66. The fourth-order valence-corrected chi connectivity index (χ4v) is 3.39. The average molecular weight is 276 g/mol. The van der Waals surface area contributed by atoms with Crippen LogP contribution in [0.15, 0.2) is 29.6 Å². The van der Waals surface area contributed by atoms with Crippen LogP contribution in [0, 0.1) is 0 Å². The van der Waals surface area contributed by atoms with Crippen LogP contribution in [0.3, 0.4) is 0 Å². The third-order valence-electron chi connectivity index (χ3n) is 3.50. The van der Waals surface area contributed by atoms with Crippen LogP contribution < -0.4 is 10.6 Å². The molecule has 1 aliphatic rings. The number of fused-ring (bicyclic) bond motifs is 1. The Hall–Kier alpha value is -1.43. The monoisotopic (exact) mass is 276 g/mol. The number of methoxy groups -OCH3 is 1. The number of nitrogens with one attached hydrogen (secondary N) is 2. The molecule has 1 fully saturated rings. The van der Waals surface area contributed by atoms with Crippen molar-refractivity contribution in [3.8, 4) is 0 Å². The summed E-state index contributed by atoms with van der Waals surface area (Å²) in [6.07, 6.45) is 0.0499. The van der Waals surface area contributed by atoms with Crippen LogP contribution in [0.2, 0.25) is 0 Å². The minimum atomic E-state index is -0.0202. The average Bonchev–Trinajstić information content (AvgIpc) is 3.04. The topological polar surface area (TPSA) is 50.4 Å². The molecule has 1 aromatic heterocycles. The first-order valence-electron chi connectivity index (χ1n) is 6.30.